The van der Waals surface area contributed by atoms with Gasteiger partial charge in [0.15, 0.2) is 0 Å². The predicted octanol–water partition coefficient (Wildman–Crippen LogP) is 2.92. The van der Waals surface area contributed by atoms with Crippen LogP contribution in [0.2, 0.25) is 0 Å². The minimum absolute atomic E-state index is 0.0600. The summed E-state index contributed by atoms with van der Waals surface area (Å²) in [4.78, 5) is 0. The lowest BCUT2D eigenvalue weighted by Crippen LogP contribution is -2.43. The van der Waals surface area contributed by atoms with Gasteiger partial charge in [0.2, 0.25) is 0 Å². The van der Waals surface area contributed by atoms with Crippen molar-refractivity contribution in [3.05, 3.63) is 17.9 Å². The molecule has 3 heteroatoms. The molecule has 3 nitrogen and oxygen atoms in total. The zero-order valence-electron chi connectivity index (χ0n) is 10.7. The Hall–Kier alpha value is -0.960. The van der Waals surface area contributed by atoms with E-state index in [4.69, 9.17) is 9.15 Å². The summed E-state index contributed by atoms with van der Waals surface area (Å²) in [6.45, 7) is 6.51. The van der Waals surface area contributed by atoms with Gasteiger partial charge in [-0.25, -0.2) is 0 Å². The van der Waals surface area contributed by atoms with Crippen molar-refractivity contribution in [2.45, 2.75) is 44.6 Å². The largest absolute Gasteiger partial charge is 0.459 e. The fraction of sp³-hybridized carbons (Fsp3) is 0.714. The molecule has 2 aliphatic rings. The van der Waals surface area contributed by atoms with Crippen molar-refractivity contribution in [1.82, 2.24) is 5.32 Å². The Morgan fingerprint density at radius 2 is 2.06 bits per heavy atom. The molecule has 2 fully saturated rings. The number of furan rings is 1. The fourth-order valence-corrected chi connectivity index (χ4v) is 2.61. The van der Waals surface area contributed by atoms with Crippen LogP contribution in [0.1, 0.15) is 44.8 Å². The summed E-state index contributed by atoms with van der Waals surface area (Å²) in [5.41, 5.74) is -0.0600. The third-order valence-corrected chi connectivity index (χ3v) is 4.09. The highest BCUT2D eigenvalue weighted by Crippen LogP contribution is 2.48. The summed E-state index contributed by atoms with van der Waals surface area (Å²) >= 11 is 0. The number of piperidine rings is 1. The molecule has 1 N–H and O–H groups in total. The van der Waals surface area contributed by atoms with Gasteiger partial charge >= 0.3 is 0 Å². The smallest absolute Gasteiger partial charge is 0.285 e. The van der Waals surface area contributed by atoms with Crippen molar-refractivity contribution in [2.24, 2.45) is 5.92 Å². The van der Waals surface area contributed by atoms with Gasteiger partial charge in [-0.1, -0.05) is 6.92 Å². The molecule has 1 aromatic heterocycles. The van der Waals surface area contributed by atoms with Crippen LogP contribution in [0.5, 0.6) is 5.95 Å². The summed E-state index contributed by atoms with van der Waals surface area (Å²) in [6, 6.07) is 4.06. The Labute approximate surface area is 103 Å². The zero-order valence-corrected chi connectivity index (χ0v) is 10.7. The van der Waals surface area contributed by atoms with E-state index < -0.39 is 0 Å². The van der Waals surface area contributed by atoms with E-state index in [0.29, 0.717) is 11.9 Å². The zero-order chi connectivity index (χ0) is 11.9. The van der Waals surface area contributed by atoms with Crippen LogP contribution in [0.4, 0.5) is 0 Å². The second kappa shape index (κ2) is 4.05. The van der Waals surface area contributed by atoms with Crippen molar-refractivity contribution >= 4 is 0 Å². The van der Waals surface area contributed by atoms with Gasteiger partial charge < -0.3 is 14.5 Å². The molecule has 0 bridgehead atoms. The van der Waals surface area contributed by atoms with Crippen LogP contribution >= 0.6 is 0 Å². The summed E-state index contributed by atoms with van der Waals surface area (Å²) in [6.07, 6.45) is 3.35. The van der Waals surface area contributed by atoms with E-state index in [1.165, 1.54) is 6.42 Å². The van der Waals surface area contributed by atoms with Gasteiger partial charge in [0.05, 0.1) is 0 Å². The second-order valence-electron chi connectivity index (χ2n) is 5.78. The number of ether oxygens (including phenoxy) is 1. The molecule has 3 rings (SSSR count). The number of nitrogens with one attached hydrogen (secondary N) is 1. The third-order valence-electron chi connectivity index (χ3n) is 4.09. The SMILES string of the molecule is CC1CC1c1ccc(OC2(C)CCNCC2)o1. The molecule has 0 aromatic carbocycles. The van der Waals surface area contributed by atoms with Crippen LogP contribution in [-0.4, -0.2) is 18.7 Å². The molecular formula is C14H21NO2. The van der Waals surface area contributed by atoms with E-state index in [0.717, 1.165) is 37.6 Å². The highest BCUT2D eigenvalue weighted by atomic mass is 16.6. The van der Waals surface area contributed by atoms with Crippen LogP contribution in [0.25, 0.3) is 0 Å². The van der Waals surface area contributed by atoms with Crippen molar-refractivity contribution in [3.8, 4) is 5.95 Å². The van der Waals surface area contributed by atoms with Crippen molar-refractivity contribution < 1.29 is 9.15 Å². The fourth-order valence-electron chi connectivity index (χ4n) is 2.61. The van der Waals surface area contributed by atoms with Crippen LogP contribution in [0.15, 0.2) is 16.5 Å². The maximum Gasteiger partial charge on any atom is 0.285 e. The molecule has 1 aromatic rings. The lowest BCUT2D eigenvalue weighted by atomic mass is 9.95. The normalized spacial score (nSPS) is 31.2. The maximum atomic E-state index is 6.03. The van der Waals surface area contributed by atoms with E-state index in [1.54, 1.807) is 0 Å². The maximum absolute atomic E-state index is 6.03. The Morgan fingerprint density at radius 1 is 1.35 bits per heavy atom. The molecule has 1 aliphatic heterocycles. The van der Waals surface area contributed by atoms with Crippen LogP contribution in [0, 0.1) is 5.92 Å². The van der Waals surface area contributed by atoms with E-state index in [2.05, 4.69) is 25.2 Å². The monoisotopic (exact) mass is 235 g/mol. The molecule has 2 heterocycles. The quantitative estimate of drug-likeness (QED) is 0.874. The topological polar surface area (TPSA) is 34.4 Å². The van der Waals surface area contributed by atoms with Crippen molar-refractivity contribution in [1.29, 1.82) is 0 Å². The Bertz CT molecular complexity index is 393. The summed E-state index contributed by atoms with van der Waals surface area (Å²) in [5.74, 6) is 3.21. The first-order valence-corrected chi connectivity index (χ1v) is 6.66. The van der Waals surface area contributed by atoms with E-state index in [1.807, 2.05) is 6.07 Å². The average molecular weight is 235 g/mol. The minimum atomic E-state index is -0.0600. The van der Waals surface area contributed by atoms with E-state index in [9.17, 15) is 0 Å². The Balaban J connectivity index is 1.66. The standard InChI is InChI=1S/C14H21NO2/c1-10-9-11(10)12-3-4-13(16-12)17-14(2)5-7-15-8-6-14/h3-4,10-11,15H,5-9H2,1-2H3. The van der Waals surface area contributed by atoms with Gasteiger partial charge in [0.25, 0.3) is 5.95 Å². The van der Waals surface area contributed by atoms with Gasteiger partial charge in [0.1, 0.15) is 11.4 Å². The number of hydrogen-bond acceptors (Lipinski definition) is 3. The second-order valence-corrected chi connectivity index (χ2v) is 5.78. The lowest BCUT2D eigenvalue weighted by Gasteiger charge is -2.33. The lowest BCUT2D eigenvalue weighted by molar-refractivity contribution is 0.0307. The molecule has 0 amide bonds. The van der Waals surface area contributed by atoms with Crippen LogP contribution in [0.3, 0.4) is 0 Å². The summed E-state index contributed by atoms with van der Waals surface area (Å²) < 4.78 is 11.8. The Kier molecular flexibility index (Phi) is 2.66. The van der Waals surface area contributed by atoms with Gasteiger partial charge in [0, 0.05) is 12.0 Å². The molecule has 2 atom stereocenters. The van der Waals surface area contributed by atoms with Crippen LogP contribution in [-0.2, 0) is 0 Å². The Morgan fingerprint density at radius 3 is 2.71 bits per heavy atom. The highest BCUT2D eigenvalue weighted by Gasteiger charge is 2.37. The molecule has 1 aliphatic carbocycles. The average Bonchev–Trinajstić information content (AvgIpc) is 2.85. The van der Waals surface area contributed by atoms with Crippen LogP contribution < -0.4 is 10.1 Å². The summed E-state index contributed by atoms with van der Waals surface area (Å²) in [7, 11) is 0. The molecule has 1 saturated heterocycles. The molecule has 0 radical (unpaired) electrons. The molecular weight excluding hydrogens is 214 g/mol. The molecule has 94 valence electrons. The summed E-state index contributed by atoms with van der Waals surface area (Å²) in [5, 5.41) is 3.35. The molecule has 0 spiro atoms. The van der Waals surface area contributed by atoms with Crippen molar-refractivity contribution in [2.75, 3.05) is 13.1 Å². The molecule has 1 saturated carbocycles. The van der Waals surface area contributed by atoms with Crippen molar-refractivity contribution in [3.63, 3.8) is 0 Å². The van der Waals surface area contributed by atoms with Gasteiger partial charge in [-0.15, -0.1) is 0 Å². The predicted molar refractivity (Wildman–Crippen MR) is 66.4 cm³/mol. The first-order valence-electron chi connectivity index (χ1n) is 6.66. The third kappa shape index (κ3) is 2.34. The molecule has 17 heavy (non-hydrogen) atoms. The highest BCUT2D eigenvalue weighted by molar-refractivity contribution is 5.20. The van der Waals surface area contributed by atoms with E-state index in [-0.39, 0.29) is 5.60 Å². The van der Waals surface area contributed by atoms with Gasteiger partial charge in [-0.2, -0.15) is 0 Å². The first-order chi connectivity index (χ1) is 8.16. The number of rotatable bonds is 3. The van der Waals surface area contributed by atoms with Gasteiger partial charge in [-0.05, 0) is 51.3 Å². The molecule has 2 unspecified atom stereocenters. The first kappa shape index (κ1) is 11.1. The van der Waals surface area contributed by atoms with Gasteiger partial charge in [-0.3, -0.25) is 0 Å². The van der Waals surface area contributed by atoms with E-state index >= 15 is 0 Å². The number of hydrogen-bond donors (Lipinski definition) is 1. The minimum Gasteiger partial charge on any atom is -0.459 e.